The average molecular weight is 291 g/mol. The quantitative estimate of drug-likeness (QED) is 0.849. The first-order valence-electron chi connectivity index (χ1n) is 5.92. The number of sulfonamides is 1. The highest BCUT2D eigenvalue weighted by atomic mass is 32.2. The number of nitrogens with zero attached hydrogens (tertiary/aromatic N) is 1. The number of methoxy groups -OCH3 is 1. The Balaban J connectivity index is 2.33. The largest absolute Gasteiger partial charge is 0.383 e. The molecule has 2 rings (SSSR count). The lowest BCUT2D eigenvalue weighted by molar-refractivity contribution is 0.149. The van der Waals surface area contributed by atoms with Crippen molar-refractivity contribution in [1.82, 2.24) is 4.31 Å². The molecule has 4 nitrogen and oxygen atoms in total. The van der Waals surface area contributed by atoms with Gasteiger partial charge in [0.05, 0.1) is 11.5 Å². The predicted molar refractivity (Wildman–Crippen MR) is 65.1 cm³/mol. The molecule has 7 heteroatoms. The van der Waals surface area contributed by atoms with E-state index in [1.54, 1.807) is 0 Å². The maximum atomic E-state index is 13.2. The molecular weight excluding hydrogens is 276 g/mol. The molecule has 0 radical (unpaired) electrons. The van der Waals surface area contributed by atoms with E-state index in [4.69, 9.17) is 4.74 Å². The lowest BCUT2D eigenvalue weighted by atomic mass is 10.2. The van der Waals surface area contributed by atoms with Crippen LogP contribution in [0.5, 0.6) is 0 Å². The molecule has 0 aliphatic carbocycles. The highest BCUT2D eigenvalue weighted by Crippen LogP contribution is 2.26. The summed E-state index contributed by atoms with van der Waals surface area (Å²) in [4.78, 5) is -0.227. The number of ether oxygens (including phenoxy) is 1. The number of halogens is 2. The van der Waals surface area contributed by atoms with Crippen molar-refractivity contribution in [1.29, 1.82) is 0 Å². The molecule has 1 atom stereocenters. The Morgan fingerprint density at radius 2 is 2.11 bits per heavy atom. The molecule has 0 N–H and O–H groups in total. The van der Waals surface area contributed by atoms with Crippen LogP contribution in [0.4, 0.5) is 8.78 Å². The van der Waals surface area contributed by atoms with Crippen LogP contribution in [-0.4, -0.2) is 39.0 Å². The minimum Gasteiger partial charge on any atom is -0.383 e. The molecule has 1 heterocycles. The van der Waals surface area contributed by atoms with Gasteiger partial charge < -0.3 is 4.74 Å². The van der Waals surface area contributed by atoms with E-state index in [0.29, 0.717) is 25.6 Å². The molecule has 0 aromatic heterocycles. The first kappa shape index (κ1) is 14.4. The van der Waals surface area contributed by atoms with Crippen molar-refractivity contribution in [3.8, 4) is 0 Å². The summed E-state index contributed by atoms with van der Waals surface area (Å²) in [6.07, 6.45) is 1.44. The van der Waals surface area contributed by atoms with E-state index in [9.17, 15) is 17.2 Å². The monoisotopic (exact) mass is 291 g/mol. The molecule has 0 saturated carbocycles. The van der Waals surface area contributed by atoms with Crippen LogP contribution in [-0.2, 0) is 14.8 Å². The lowest BCUT2D eigenvalue weighted by Crippen LogP contribution is -2.38. The summed E-state index contributed by atoms with van der Waals surface area (Å²) in [5.41, 5.74) is 0. The molecule has 0 amide bonds. The summed E-state index contributed by atoms with van der Waals surface area (Å²) < 4.78 is 57.0. The van der Waals surface area contributed by atoms with E-state index >= 15 is 0 Å². The van der Waals surface area contributed by atoms with Gasteiger partial charge in [-0.15, -0.1) is 0 Å². The fourth-order valence-corrected chi connectivity index (χ4v) is 3.95. The molecule has 1 fully saturated rings. The molecule has 0 unspecified atom stereocenters. The third-order valence-corrected chi connectivity index (χ3v) is 5.13. The zero-order valence-electron chi connectivity index (χ0n) is 10.5. The van der Waals surface area contributed by atoms with Gasteiger partial charge in [-0.3, -0.25) is 0 Å². The summed E-state index contributed by atoms with van der Waals surface area (Å²) >= 11 is 0. The lowest BCUT2D eigenvalue weighted by Gasteiger charge is -2.23. The van der Waals surface area contributed by atoms with Crippen molar-refractivity contribution in [2.45, 2.75) is 23.8 Å². The van der Waals surface area contributed by atoms with Crippen molar-refractivity contribution >= 4 is 10.0 Å². The zero-order valence-corrected chi connectivity index (χ0v) is 11.3. The topological polar surface area (TPSA) is 46.6 Å². The van der Waals surface area contributed by atoms with Crippen LogP contribution in [0.1, 0.15) is 12.8 Å². The number of rotatable bonds is 4. The molecule has 0 spiro atoms. The van der Waals surface area contributed by atoms with E-state index in [1.165, 1.54) is 11.4 Å². The third-order valence-electron chi connectivity index (χ3n) is 3.18. The Kier molecular flexibility index (Phi) is 4.17. The Hall–Kier alpha value is -1.05. The van der Waals surface area contributed by atoms with Gasteiger partial charge in [-0.1, -0.05) is 0 Å². The number of benzene rings is 1. The first-order chi connectivity index (χ1) is 8.96. The van der Waals surface area contributed by atoms with Crippen molar-refractivity contribution in [3.63, 3.8) is 0 Å². The predicted octanol–water partition coefficient (Wildman–Crippen LogP) is 1.76. The summed E-state index contributed by atoms with van der Waals surface area (Å²) in [7, 11) is -2.30. The Morgan fingerprint density at radius 1 is 1.37 bits per heavy atom. The van der Waals surface area contributed by atoms with E-state index in [0.717, 1.165) is 18.6 Å². The van der Waals surface area contributed by atoms with Crippen LogP contribution >= 0.6 is 0 Å². The van der Waals surface area contributed by atoms with Crippen LogP contribution < -0.4 is 0 Å². The Bertz CT molecular complexity index is 562. The minimum absolute atomic E-state index is 0.227. The van der Waals surface area contributed by atoms with Crippen molar-refractivity contribution in [2.75, 3.05) is 20.3 Å². The zero-order chi connectivity index (χ0) is 14.0. The van der Waals surface area contributed by atoms with Gasteiger partial charge in [0, 0.05) is 19.7 Å². The second-order valence-electron chi connectivity index (χ2n) is 4.44. The number of hydrogen-bond donors (Lipinski definition) is 0. The smallest absolute Gasteiger partial charge is 0.243 e. The Labute approximate surface area is 111 Å². The summed E-state index contributed by atoms with van der Waals surface area (Å²) in [5.74, 6) is -2.22. The van der Waals surface area contributed by atoms with Crippen LogP contribution in [0.15, 0.2) is 23.1 Å². The molecule has 106 valence electrons. The van der Waals surface area contributed by atoms with Gasteiger partial charge >= 0.3 is 0 Å². The van der Waals surface area contributed by atoms with Gasteiger partial charge in [-0.2, -0.15) is 4.31 Å². The molecule has 1 saturated heterocycles. The van der Waals surface area contributed by atoms with E-state index in [2.05, 4.69) is 0 Å². The molecule has 1 aliphatic rings. The van der Waals surface area contributed by atoms with Gasteiger partial charge in [0.2, 0.25) is 10.0 Å². The fourth-order valence-electron chi connectivity index (χ4n) is 2.26. The maximum Gasteiger partial charge on any atom is 0.243 e. The summed E-state index contributed by atoms with van der Waals surface area (Å²) in [6.45, 7) is 0.665. The molecule has 1 aromatic carbocycles. The van der Waals surface area contributed by atoms with Crippen LogP contribution in [0.25, 0.3) is 0 Å². The molecule has 19 heavy (non-hydrogen) atoms. The standard InChI is InChI=1S/C12H15F2NO3S/c1-18-8-9-3-2-6-15(9)19(16,17)10-4-5-11(13)12(14)7-10/h4-5,7,9H,2-3,6,8H2,1H3/t9-/m1/s1. The molecular formula is C12H15F2NO3S. The second-order valence-corrected chi connectivity index (χ2v) is 6.33. The normalized spacial score (nSPS) is 20.9. The van der Waals surface area contributed by atoms with Crippen molar-refractivity contribution in [2.24, 2.45) is 0 Å². The van der Waals surface area contributed by atoms with Gasteiger partial charge in [-0.05, 0) is 31.0 Å². The van der Waals surface area contributed by atoms with Gasteiger partial charge in [-0.25, -0.2) is 17.2 Å². The Morgan fingerprint density at radius 3 is 2.74 bits per heavy atom. The highest BCUT2D eigenvalue weighted by Gasteiger charge is 2.35. The van der Waals surface area contributed by atoms with Gasteiger partial charge in [0.15, 0.2) is 11.6 Å². The average Bonchev–Trinajstić information content (AvgIpc) is 2.82. The molecule has 0 bridgehead atoms. The summed E-state index contributed by atoms with van der Waals surface area (Å²) in [5, 5.41) is 0. The highest BCUT2D eigenvalue weighted by molar-refractivity contribution is 7.89. The van der Waals surface area contributed by atoms with Crippen LogP contribution in [0.2, 0.25) is 0 Å². The van der Waals surface area contributed by atoms with E-state index in [-0.39, 0.29) is 10.9 Å². The maximum absolute atomic E-state index is 13.2. The van der Waals surface area contributed by atoms with Crippen molar-refractivity contribution < 1.29 is 21.9 Å². The van der Waals surface area contributed by atoms with Crippen LogP contribution in [0.3, 0.4) is 0 Å². The molecule has 1 aliphatic heterocycles. The van der Waals surface area contributed by atoms with Gasteiger partial charge in [0.25, 0.3) is 0 Å². The first-order valence-corrected chi connectivity index (χ1v) is 7.36. The SMILES string of the molecule is COC[C@H]1CCCN1S(=O)(=O)c1ccc(F)c(F)c1. The van der Waals surface area contributed by atoms with Gasteiger partial charge in [0.1, 0.15) is 0 Å². The van der Waals surface area contributed by atoms with Crippen LogP contribution in [0, 0.1) is 11.6 Å². The fraction of sp³-hybridized carbons (Fsp3) is 0.500. The van der Waals surface area contributed by atoms with Crippen molar-refractivity contribution in [3.05, 3.63) is 29.8 Å². The molecule has 1 aromatic rings. The third kappa shape index (κ3) is 2.77. The summed E-state index contributed by atoms with van der Waals surface area (Å²) in [6, 6.07) is 2.37. The minimum atomic E-state index is -3.80. The van der Waals surface area contributed by atoms with E-state index < -0.39 is 21.7 Å². The number of hydrogen-bond acceptors (Lipinski definition) is 3. The van der Waals surface area contributed by atoms with E-state index in [1.807, 2.05) is 0 Å². The second kappa shape index (κ2) is 5.52.